The number of nitrogens with zero attached hydrogens (tertiary/aromatic N) is 3. The first-order valence-corrected chi connectivity index (χ1v) is 8.31. The fraction of sp³-hybridized carbons (Fsp3) is 0.316. The Morgan fingerprint density at radius 3 is 3.04 bits per heavy atom. The minimum atomic E-state index is -0.213. The van der Waals surface area contributed by atoms with Crippen LogP contribution in [0.5, 0.6) is 0 Å². The van der Waals surface area contributed by atoms with E-state index in [4.69, 9.17) is 10.00 Å². The molecule has 0 aliphatic carbocycles. The molecule has 1 aliphatic rings. The van der Waals surface area contributed by atoms with Crippen LogP contribution in [0.25, 0.3) is 0 Å². The molecule has 0 unspecified atom stereocenters. The predicted molar refractivity (Wildman–Crippen MR) is 93.8 cm³/mol. The van der Waals surface area contributed by atoms with Crippen molar-refractivity contribution in [1.29, 1.82) is 5.26 Å². The molecular formula is C19H20N4O2. The number of nitrogens with one attached hydrogen (secondary N) is 1. The Kier molecular flexibility index (Phi) is 5.60. The topological polar surface area (TPSA) is 78.3 Å². The number of ether oxygens (including phenoxy) is 1. The standard InChI is InChI=1S/C19H20N4O2/c20-11-15-4-1-6-17(10-15)22-19(24)23(14-18-7-3-9-25-18)13-16-5-2-8-21-12-16/h1-2,4-6,8,10,12,18H,3,7,9,13-14H2,(H,22,24)/t18-/m0/s1. The van der Waals surface area contributed by atoms with E-state index in [0.717, 1.165) is 25.0 Å². The van der Waals surface area contributed by atoms with E-state index in [1.165, 1.54) is 0 Å². The Labute approximate surface area is 147 Å². The number of urea groups is 1. The first-order chi connectivity index (χ1) is 12.2. The van der Waals surface area contributed by atoms with E-state index < -0.39 is 0 Å². The Balaban J connectivity index is 1.72. The van der Waals surface area contributed by atoms with E-state index >= 15 is 0 Å². The van der Waals surface area contributed by atoms with Crippen LogP contribution in [0.1, 0.15) is 24.0 Å². The maximum absolute atomic E-state index is 12.8. The minimum absolute atomic E-state index is 0.0628. The number of benzene rings is 1. The number of hydrogen-bond donors (Lipinski definition) is 1. The van der Waals surface area contributed by atoms with Crippen LogP contribution in [0.3, 0.4) is 0 Å². The summed E-state index contributed by atoms with van der Waals surface area (Å²) in [6.45, 7) is 1.73. The van der Waals surface area contributed by atoms with Gasteiger partial charge in [-0.15, -0.1) is 0 Å². The number of rotatable bonds is 5. The van der Waals surface area contributed by atoms with E-state index in [-0.39, 0.29) is 12.1 Å². The normalized spacial score (nSPS) is 16.2. The van der Waals surface area contributed by atoms with Crippen molar-refractivity contribution >= 4 is 11.7 Å². The molecule has 2 amide bonds. The van der Waals surface area contributed by atoms with Crippen molar-refractivity contribution in [3.05, 3.63) is 59.9 Å². The highest BCUT2D eigenvalue weighted by Gasteiger charge is 2.23. The van der Waals surface area contributed by atoms with Crippen LogP contribution < -0.4 is 5.32 Å². The average molecular weight is 336 g/mol. The highest BCUT2D eigenvalue weighted by atomic mass is 16.5. The van der Waals surface area contributed by atoms with Gasteiger partial charge in [-0.05, 0) is 42.7 Å². The SMILES string of the molecule is N#Cc1cccc(NC(=O)N(Cc2cccnc2)C[C@@H]2CCCO2)c1. The summed E-state index contributed by atoms with van der Waals surface area (Å²) in [6.07, 6.45) is 5.51. The van der Waals surface area contributed by atoms with Crippen molar-refractivity contribution in [1.82, 2.24) is 9.88 Å². The molecule has 1 atom stereocenters. The first kappa shape index (κ1) is 16.9. The van der Waals surface area contributed by atoms with Gasteiger partial charge >= 0.3 is 6.03 Å². The van der Waals surface area contributed by atoms with Crippen LogP contribution in [-0.2, 0) is 11.3 Å². The largest absolute Gasteiger partial charge is 0.376 e. The smallest absolute Gasteiger partial charge is 0.322 e. The molecule has 3 rings (SSSR count). The monoisotopic (exact) mass is 336 g/mol. The third kappa shape index (κ3) is 4.78. The summed E-state index contributed by atoms with van der Waals surface area (Å²) in [5.41, 5.74) is 2.07. The Morgan fingerprint density at radius 2 is 2.32 bits per heavy atom. The summed E-state index contributed by atoms with van der Waals surface area (Å²) in [5, 5.41) is 11.9. The van der Waals surface area contributed by atoms with Gasteiger partial charge in [0.1, 0.15) is 0 Å². The lowest BCUT2D eigenvalue weighted by Gasteiger charge is -2.25. The van der Waals surface area contributed by atoms with Gasteiger partial charge in [-0.25, -0.2) is 4.79 Å². The number of anilines is 1. The van der Waals surface area contributed by atoms with Gasteiger partial charge < -0.3 is 15.0 Å². The van der Waals surface area contributed by atoms with Crippen LogP contribution in [0, 0.1) is 11.3 Å². The van der Waals surface area contributed by atoms with Gasteiger partial charge in [-0.2, -0.15) is 5.26 Å². The second kappa shape index (κ2) is 8.27. The molecule has 1 fully saturated rings. The van der Waals surface area contributed by atoms with E-state index in [2.05, 4.69) is 16.4 Å². The molecule has 6 nitrogen and oxygen atoms in total. The third-order valence-electron chi connectivity index (χ3n) is 4.07. The molecule has 1 aliphatic heterocycles. The summed E-state index contributed by atoms with van der Waals surface area (Å²) in [6, 6.07) is 12.5. The second-order valence-corrected chi connectivity index (χ2v) is 6.00. The Hall–Kier alpha value is -2.91. The lowest BCUT2D eigenvalue weighted by molar-refractivity contribution is 0.0819. The van der Waals surface area contributed by atoms with Crippen molar-refractivity contribution in [3.63, 3.8) is 0 Å². The van der Waals surface area contributed by atoms with E-state index in [9.17, 15) is 4.79 Å². The van der Waals surface area contributed by atoms with Gasteiger partial charge in [0.2, 0.25) is 0 Å². The van der Waals surface area contributed by atoms with Crippen molar-refractivity contribution in [2.24, 2.45) is 0 Å². The van der Waals surface area contributed by atoms with Crippen LogP contribution in [0.4, 0.5) is 10.5 Å². The minimum Gasteiger partial charge on any atom is -0.376 e. The molecule has 1 N–H and O–H groups in total. The van der Waals surface area contributed by atoms with Gasteiger partial charge in [-0.1, -0.05) is 12.1 Å². The Morgan fingerprint density at radius 1 is 1.40 bits per heavy atom. The highest BCUT2D eigenvalue weighted by Crippen LogP contribution is 2.17. The molecular weight excluding hydrogens is 316 g/mol. The predicted octanol–water partition coefficient (Wildman–Crippen LogP) is 3.17. The molecule has 1 aromatic heterocycles. The number of hydrogen-bond acceptors (Lipinski definition) is 4. The van der Waals surface area contributed by atoms with Gasteiger partial charge in [0.05, 0.1) is 17.7 Å². The Bertz CT molecular complexity index is 752. The van der Waals surface area contributed by atoms with Crippen LogP contribution in [-0.4, -0.2) is 35.2 Å². The molecule has 0 bridgehead atoms. The molecule has 1 saturated heterocycles. The number of nitriles is 1. The number of aromatic nitrogens is 1. The zero-order valence-corrected chi connectivity index (χ0v) is 13.9. The molecule has 2 aromatic rings. The first-order valence-electron chi connectivity index (χ1n) is 8.31. The van der Waals surface area contributed by atoms with Crippen molar-refractivity contribution < 1.29 is 9.53 Å². The quantitative estimate of drug-likeness (QED) is 0.909. The van der Waals surface area contributed by atoms with Gasteiger partial charge in [0.25, 0.3) is 0 Å². The van der Waals surface area contributed by atoms with Crippen LogP contribution >= 0.6 is 0 Å². The van der Waals surface area contributed by atoms with Crippen molar-refractivity contribution in [2.45, 2.75) is 25.5 Å². The zero-order chi connectivity index (χ0) is 17.5. The van der Waals surface area contributed by atoms with Crippen molar-refractivity contribution in [2.75, 3.05) is 18.5 Å². The molecule has 6 heteroatoms. The van der Waals surface area contributed by atoms with Gasteiger partial charge in [-0.3, -0.25) is 4.98 Å². The van der Waals surface area contributed by atoms with E-state index in [1.54, 1.807) is 41.6 Å². The van der Waals surface area contributed by atoms with E-state index in [1.807, 2.05) is 12.1 Å². The summed E-state index contributed by atoms with van der Waals surface area (Å²) >= 11 is 0. The number of amides is 2. The van der Waals surface area contributed by atoms with Gasteiger partial charge in [0.15, 0.2) is 0 Å². The average Bonchev–Trinajstić information content (AvgIpc) is 3.15. The number of carbonyl (C=O) groups excluding carboxylic acids is 1. The molecule has 0 spiro atoms. The molecule has 2 heterocycles. The van der Waals surface area contributed by atoms with Crippen molar-refractivity contribution in [3.8, 4) is 6.07 Å². The summed E-state index contributed by atoms with van der Waals surface area (Å²) in [7, 11) is 0. The fourth-order valence-corrected chi connectivity index (χ4v) is 2.83. The van der Waals surface area contributed by atoms with Crippen LogP contribution in [0.15, 0.2) is 48.8 Å². The number of carbonyl (C=O) groups is 1. The molecule has 128 valence electrons. The fourth-order valence-electron chi connectivity index (χ4n) is 2.83. The zero-order valence-electron chi connectivity index (χ0n) is 13.9. The van der Waals surface area contributed by atoms with Gasteiger partial charge in [0, 0.05) is 37.8 Å². The van der Waals surface area contributed by atoms with Crippen LogP contribution in [0.2, 0.25) is 0 Å². The molecule has 25 heavy (non-hydrogen) atoms. The highest BCUT2D eigenvalue weighted by molar-refractivity contribution is 5.89. The summed E-state index contributed by atoms with van der Waals surface area (Å²) < 4.78 is 5.68. The van der Waals surface area contributed by atoms with E-state index in [0.29, 0.717) is 24.3 Å². The summed E-state index contributed by atoms with van der Waals surface area (Å²) in [5.74, 6) is 0. The number of pyridine rings is 1. The molecule has 0 radical (unpaired) electrons. The maximum Gasteiger partial charge on any atom is 0.322 e. The lowest BCUT2D eigenvalue weighted by atomic mass is 10.2. The molecule has 1 aromatic carbocycles. The lowest BCUT2D eigenvalue weighted by Crippen LogP contribution is -2.39. The summed E-state index contributed by atoms with van der Waals surface area (Å²) in [4.78, 5) is 18.6. The second-order valence-electron chi connectivity index (χ2n) is 6.00. The maximum atomic E-state index is 12.8. The molecule has 0 saturated carbocycles. The third-order valence-corrected chi connectivity index (χ3v) is 4.07.